The zero-order chi connectivity index (χ0) is 10.7. The summed E-state index contributed by atoms with van der Waals surface area (Å²) in [5, 5.41) is 8.55. The molecule has 0 aliphatic heterocycles. The molecule has 1 radical (unpaired) electrons. The molecule has 0 bridgehead atoms. The third-order valence-corrected chi connectivity index (χ3v) is 2.79. The summed E-state index contributed by atoms with van der Waals surface area (Å²) in [6.07, 6.45) is 0.752. The molecule has 0 saturated heterocycles. The summed E-state index contributed by atoms with van der Waals surface area (Å²) in [5.74, 6) is -0.761. The minimum atomic E-state index is -0.761. The molecule has 14 heavy (non-hydrogen) atoms. The van der Waals surface area contributed by atoms with Gasteiger partial charge in [0.1, 0.15) is 0 Å². The van der Waals surface area contributed by atoms with Crippen molar-refractivity contribution in [1.29, 1.82) is 0 Å². The predicted molar refractivity (Wildman–Crippen MR) is 57.7 cm³/mol. The molecule has 1 aromatic rings. The molecule has 0 saturated carbocycles. The molecule has 0 aliphatic rings. The Hall–Kier alpha value is -1.09. The third kappa shape index (κ3) is 2.70. The monoisotopic (exact) mass is 209 g/mol. The van der Waals surface area contributed by atoms with Gasteiger partial charge in [-0.2, -0.15) is 0 Å². The number of carbonyl (C=O) groups is 1. The van der Waals surface area contributed by atoms with Crippen LogP contribution in [0.25, 0.3) is 0 Å². The molecule has 0 fully saturated rings. The fourth-order valence-corrected chi connectivity index (χ4v) is 1.55. The van der Waals surface area contributed by atoms with Crippen molar-refractivity contribution in [2.45, 2.75) is 31.6 Å². The molecular weight excluding hydrogens is 196 g/mol. The highest BCUT2D eigenvalue weighted by Crippen LogP contribution is 2.20. The molecular formula is C11H13O2S. The largest absolute Gasteiger partial charge is 0.481 e. The summed E-state index contributed by atoms with van der Waals surface area (Å²) in [6.45, 7) is 3.92. The van der Waals surface area contributed by atoms with Gasteiger partial charge in [0.15, 0.2) is 0 Å². The lowest BCUT2D eigenvalue weighted by molar-refractivity contribution is -0.136. The van der Waals surface area contributed by atoms with E-state index in [0.29, 0.717) is 6.42 Å². The van der Waals surface area contributed by atoms with Crippen LogP contribution in [0, 0.1) is 13.8 Å². The van der Waals surface area contributed by atoms with Gasteiger partial charge < -0.3 is 5.11 Å². The predicted octanol–water partition coefficient (Wildman–Crippen LogP) is 2.88. The van der Waals surface area contributed by atoms with Gasteiger partial charge in [0.2, 0.25) is 0 Å². The van der Waals surface area contributed by atoms with Crippen LogP contribution < -0.4 is 0 Å². The van der Waals surface area contributed by atoms with Gasteiger partial charge in [-0.25, -0.2) is 0 Å². The molecule has 3 heteroatoms. The Bertz CT molecular complexity index is 335. The maximum atomic E-state index is 10.4. The molecule has 0 unspecified atom stereocenters. The van der Waals surface area contributed by atoms with Crippen molar-refractivity contribution in [1.82, 2.24) is 0 Å². The minimum absolute atomic E-state index is 0.176. The second-order valence-corrected chi connectivity index (χ2v) is 3.86. The Labute approximate surface area is 89.4 Å². The zero-order valence-electron chi connectivity index (χ0n) is 8.33. The number of hydrogen-bond donors (Lipinski definition) is 1. The summed E-state index contributed by atoms with van der Waals surface area (Å²) in [4.78, 5) is 11.3. The van der Waals surface area contributed by atoms with E-state index in [2.05, 4.69) is 0 Å². The van der Waals surface area contributed by atoms with Crippen LogP contribution in [0.3, 0.4) is 0 Å². The standard InChI is InChI=1S/C11H13O2S/c1-7-5-9(3-4-10(12)13)6-8(2)11(7)14/h5-6H,3-4H2,1-2H3,(H,12,13). The highest BCUT2D eigenvalue weighted by atomic mass is 32.1. The third-order valence-electron chi connectivity index (χ3n) is 2.15. The van der Waals surface area contributed by atoms with Crippen molar-refractivity contribution in [2.75, 3.05) is 0 Å². The van der Waals surface area contributed by atoms with E-state index in [1.165, 1.54) is 0 Å². The number of carboxylic acids is 1. The van der Waals surface area contributed by atoms with Crippen LogP contribution >= 0.6 is 12.6 Å². The fraction of sp³-hybridized carbons (Fsp3) is 0.364. The van der Waals surface area contributed by atoms with Gasteiger partial charge >= 0.3 is 5.97 Å². The van der Waals surface area contributed by atoms with Gasteiger partial charge in [0.25, 0.3) is 0 Å². The van der Waals surface area contributed by atoms with Gasteiger partial charge in [0.05, 0.1) is 0 Å². The quantitative estimate of drug-likeness (QED) is 0.831. The number of rotatable bonds is 3. The van der Waals surface area contributed by atoms with Gasteiger partial charge in [-0.3, -0.25) is 4.79 Å². The van der Waals surface area contributed by atoms with Gasteiger partial charge in [-0.1, -0.05) is 24.8 Å². The van der Waals surface area contributed by atoms with Gasteiger partial charge in [0, 0.05) is 11.3 Å². The minimum Gasteiger partial charge on any atom is -0.481 e. The average molecular weight is 209 g/mol. The summed E-state index contributed by atoms with van der Waals surface area (Å²) >= 11 is 5.17. The Kier molecular flexibility index (Phi) is 3.47. The van der Waals surface area contributed by atoms with E-state index < -0.39 is 5.97 Å². The van der Waals surface area contributed by atoms with Crippen molar-refractivity contribution in [3.63, 3.8) is 0 Å². The summed E-state index contributed by atoms with van der Waals surface area (Å²) in [6, 6.07) is 3.94. The number of aliphatic carboxylic acids is 1. The lowest BCUT2D eigenvalue weighted by Gasteiger charge is -2.06. The van der Waals surface area contributed by atoms with Crippen LogP contribution in [-0.4, -0.2) is 11.1 Å². The fourth-order valence-electron chi connectivity index (χ4n) is 1.44. The summed E-state index contributed by atoms with van der Waals surface area (Å²) in [7, 11) is 0. The molecule has 0 spiro atoms. The van der Waals surface area contributed by atoms with Gasteiger partial charge in [-0.15, -0.1) is 0 Å². The summed E-state index contributed by atoms with van der Waals surface area (Å²) < 4.78 is 0. The van der Waals surface area contributed by atoms with E-state index in [-0.39, 0.29) is 6.42 Å². The highest BCUT2D eigenvalue weighted by molar-refractivity contribution is 7.80. The van der Waals surface area contributed by atoms with E-state index in [0.717, 1.165) is 21.6 Å². The average Bonchev–Trinajstić information content (AvgIpc) is 2.10. The number of aryl methyl sites for hydroxylation is 3. The van der Waals surface area contributed by atoms with Crippen LogP contribution in [0.1, 0.15) is 23.1 Å². The molecule has 1 aromatic carbocycles. The maximum Gasteiger partial charge on any atom is 0.303 e. The molecule has 0 aromatic heterocycles. The molecule has 1 rings (SSSR count). The molecule has 0 heterocycles. The molecule has 0 atom stereocenters. The maximum absolute atomic E-state index is 10.4. The highest BCUT2D eigenvalue weighted by Gasteiger charge is 2.04. The van der Waals surface area contributed by atoms with Crippen LogP contribution in [0.15, 0.2) is 17.0 Å². The molecule has 2 nitrogen and oxygen atoms in total. The van der Waals surface area contributed by atoms with Crippen molar-refractivity contribution in [3.8, 4) is 0 Å². The second kappa shape index (κ2) is 4.42. The molecule has 0 amide bonds. The summed E-state index contributed by atoms with van der Waals surface area (Å²) in [5.41, 5.74) is 3.16. The molecule has 1 N–H and O–H groups in total. The lowest BCUT2D eigenvalue weighted by atomic mass is 10.0. The van der Waals surface area contributed by atoms with Crippen LogP contribution in [0.5, 0.6) is 0 Å². The SMILES string of the molecule is Cc1cc(CCC(=O)O)cc(C)c1[S]. The first-order valence-corrected chi connectivity index (χ1v) is 4.90. The first kappa shape index (κ1) is 11.0. The van der Waals surface area contributed by atoms with Crippen molar-refractivity contribution in [2.24, 2.45) is 0 Å². The van der Waals surface area contributed by atoms with Crippen LogP contribution in [0.4, 0.5) is 0 Å². The first-order chi connectivity index (χ1) is 6.50. The van der Waals surface area contributed by atoms with Crippen molar-refractivity contribution < 1.29 is 9.90 Å². The van der Waals surface area contributed by atoms with Crippen molar-refractivity contribution in [3.05, 3.63) is 28.8 Å². The smallest absolute Gasteiger partial charge is 0.303 e. The van der Waals surface area contributed by atoms with Crippen LogP contribution in [-0.2, 0) is 11.2 Å². The van der Waals surface area contributed by atoms with E-state index in [1.807, 2.05) is 26.0 Å². The van der Waals surface area contributed by atoms with Gasteiger partial charge in [-0.05, 0) is 37.0 Å². The van der Waals surface area contributed by atoms with Crippen molar-refractivity contribution >= 4 is 18.6 Å². The number of hydrogen-bond acceptors (Lipinski definition) is 1. The van der Waals surface area contributed by atoms with E-state index in [1.54, 1.807) is 0 Å². The topological polar surface area (TPSA) is 37.3 Å². The number of benzene rings is 1. The first-order valence-electron chi connectivity index (χ1n) is 4.49. The van der Waals surface area contributed by atoms with E-state index >= 15 is 0 Å². The van der Waals surface area contributed by atoms with E-state index in [9.17, 15) is 4.79 Å². The van der Waals surface area contributed by atoms with Crippen LogP contribution in [0.2, 0.25) is 0 Å². The molecule has 75 valence electrons. The Morgan fingerprint density at radius 1 is 1.36 bits per heavy atom. The molecule has 0 aliphatic carbocycles. The zero-order valence-corrected chi connectivity index (χ0v) is 9.15. The Morgan fingerprint density at radius 3 is 2.29 bits per heavy atom. The Balaban J connectivity index is 2.84. The lowest BCUT2D eigenvalue weighted by Crippen LogP contribution is -1.98. The van der Waals surface area contributed by atoms with E-state index in [4.69, 9.17) is 17.7 Å². The normalized spacial score (nSPS) is 10.1. The Morgan fingerprint density at radius 2 is 1.86 bits per heavy atom. The number of carboxylic acid groups (broad SMARTS) is 1. The second-order valence-electron chi connectivity index (χ2n) is 3.45.